The summed E-state index contributed by atoms with van der Waals surface area (Å²) in [6, 6.07) is 14.3. The minimum absolute atomic E-state index is 0.0103. The van der Waals surface area contributed by atoms with Crippen LogP contribution in [0.5, 0.6) is 5.75 Å². The lowest BCUT2D eigenvalue weighted by molar-refractivity contribution is -0.385. The first-order valence-corrected chi connectivity index (χ1v) is 8.53. The van der Waals surface area contributed by atoms with Crippen molar-refractivity contribution in [1.29, 1.82) is 0 Å². The standard InChI is InChI=1S/C17H15BrN2O4/c18-10-14-9-15(19-24-14)13-6-7-16(20(21)22)17(8-13)23-11-12-4-2-1-3-5-12/h1-8,14H,9-11H2. The van der Waals surface area contributed by atoms with E-state index in [1.165, 1.54) is 6.07 Å². The molecule has 0 aliphatic carbocycles. The van der Waals surface area contributed by atoms with E-state index in [2.05, 4.69) is 21.1 Å². The third-order valence-corrected chi connectivity index (χ3v) is 4.35. The molecule has 1 aliphatic rings. The number of nitrogens with zero attached hydrogens (tertiary/aromatic N) is 2. The molecule has 0 radical (unpaired) electrons. The van der Waals surface area contributed by atoms with Crippen LogP contribution in [0.3, 0.4) is 0 Å². The van der Waals surface area contributed by atoms with Gasteiger partial charge in [-0.05, 0) is 17.7 Å². The molecule has 0 saturated carbocycles. The van der Waals surface area contributed by atoms with E-state index >= 15 is 0 Å². The van der Waals surface area contributed by atoms with Crippen molar-refractivity contribution in [3.63, 3.8) is 0 Å². The van der Waals surface area contributed by atoms with Crippen LogP contribution in [0, 0.1) is 10.1 Å². The zero-order valence-corrected chi connectivity index (χ0v) is 14.3. The molecule has 1 atom stereocenters. The second kappa shape index (κ2) is 7.44. The Labute approximate surface area is 147 Å². The van der Waals surface area contributed by atoms with Crippen LogP contribution < -0.4 is 4.74 Å². The highest BCUT2D eigenvalue weighted by atomic mass is 79.9. The number of nitro groups is 1. The molecule has 2 aromatic carbocycles. The molecule has 0 aromatic heterocycles. The Bertz CT molecular complexity index is 764. The fourth-order valence-electron chi connectivity index (χ4n) is 2.38. The molecule has 124 valence electrons. The van der Waals surface area contributed by atoms with Crippen molar-refractivity contribution in [2.24, 2.45) is 5.16 Å². The third-order valence-electron chi connectivity index (χ3n) is 3.63. The van der Waals surface area contributed by atoms with Gasteiger partial charge in [-0.25, -0.2) is 0 Å². The number of alkyl halides is 1. The Kier molecular flexibility index (Phi) is 5.10. The second-order valence-electron chi connectivity index (χ2n) is 5.34. The Balaban J connectivity index is 1.82. The number of benzene rings is 2. The summed E-state index contributed by atoms with van der Waals surface area (Å²) >= 11 is 3.36. The molecule has 0 fully saturated rings. The molecule has 7 heteroatoms. The van der Waals surface area contributed by atoms with Crippen molar-refractivity contribution < 1.29 is 14.5 Å². The molecule has 2 aromatic rings. The number of hydrogen-bond donors (Lipinski definition) is 0. The number of rotatable bonds is 6. The first kappa shape index (κ1) is 16.4. The lowest BCUT2D eigenvalue weighted by Gasteiger charge is -2.09. The zero-order valence-electron chi connectivity index (χ0n) is 12.7. The number of hydrogen-bond acceptors (Lipinski definition) is 5. The normalized spacial score (nSPS) is 16.4. The molecule has 0 saturated heterocycles. The van der Waals surface area contributed by atoms with Crippen molar-refractivity contribution in [1.82, 2.24) is 0 Å². The summed E-state index contributed by atoms with van der Waals surface area (Å²) in [6.07, 6.45) is 0.644. The van der Waals surface area contributed by atoms with Crippen molar-refractivity contribution in [3.05, 3.63) is 69.8 Å². The Morgan fingerprint density at radius 2 is 2.08 bits per heavy atom. The van der Waals surface area contributed by atoms with E-state index in [1.54, 1.807) is 12.1 Å². The first-order valence-electron chi connectivity index (χ1n) is 7.41. The summed E-state index contributed by atoms with van der Waals surface area (Å²) in [7, 11) is 0. The molecule has 1 aliphatic heterocycles. The summed E-state index contributed by atoms with van der Waals surface area (Å²) in [5, 5.41) is 16.0. The number of nitro benzene ring substituents is 1. The lowest BCUT2D eigenvalue weighted by Crippen LogP contribution is -2.09. The fourth-order valence-corrected chi connectivity index (χ4v) is 2.72. The van der Waals surface area contributed by atoms with Crippen LogP contribution in [-0.4, -0.2) is 22.1 Å². The predicted molar refractivity (Wildman–Crippen MR) is 93.7 cm³/mol. The first-order chi connectivity index (χ1) is 11.7. The van der Waals surface area contributed by atoms with Gasteiger partial charge >= 0.3 is 5.69 Å². The average molecular weight is 391 g/mol. The van der Waals surface area contributed by atoms with E-state index in [4.69, 9.17) is 9.57 Å². The van der Waals surface area contributed by atoms with E-state index in [9.17, 15) is 10.1 Å². The fraction of sp³-hybridized carbons (Fsp3) is 0.235. The lowest BCUT2D eigenvalue weighted by atomic mass is 10.0. The van der Waals surface area contributed by atoms with Crippen LogP contribution >= 0.6 is 15.9 Å². The van der Waals surface area contributed by atoms with Gasteiger partial charge in [-0.3, -0.25) is 10.1 Å². The van der Waals surface area contributed by atoms with Gasteiger partial charge in [0.2, 0.25) is 0 Å². The molecular weight excluding hydrogens is 376 g/mol. The van der Waals surface area contributed by atoms with Gasteiger partial charge in [0.25, 0.3) is 0 Å². The molecule has 1 unspecified atom stereocenters. The molecular formula is C17H15BrN2O4. The van der Waals surface area contributed by atoms with Crippen molar-refractivity contribution in [3.8, 4) is 5.75 Å². The maximum atomic E-state index is 11.2. The molecule has 0 spiro atoms. The number of ether oxygens (including phenoxy) is 1. The van der Waals surface area contributed by atoms with Crippen molar-refractivity contribution in [2.75, 3.05) is 5.33 Å². The number of halogens is 1. The second-order valence-corrected chi connectivity index (χ2v) is 5.99. The minimum Gasteiger partial charge on any atom is -0.482 e. The Hall–Kier alpha value is -2.41. The zero-order chi connectivity index (χ0) is 16.9. The van der Waals surface area contributed by atoms with E-state index in [0.717, 1.165) is 16.8 Å². The van der Waals surface area contributed by atoms with Crippen molar-refractivity contribution in [2.45, 2.75) is 19.1 Å². The highest BCUT2D eigenvalue weighted by Gasteiger charge is 2.24. The van der Waals surface area contributed by atoms with Crippen LogP contribution in [0.1, 0.15) is 17.5 Å². The molecule has 0 N–H and O–H groups in total. The van der Waals surface area contributed by atoms with Gasteiger partial charge in [-0.2, -0.15) is 0 Å². The van der Waals surface area contributed by atoms with E-state index in [1.807, 2.05) is 30.3 Å². The third kappa shape index (κ3) is 3.73. The van der Waals surface area contributed by atoms with E-state index in [-0.39, 0.29) is 24.1 Å². The Morgan fingerprint density at radius 1 is 1.29 bits per heavy atom. The van der Waals surface area contributed by atoms with Crippen LogP contribution in [0.25, 0.3) is 0 Å². The van der Waals surface area contributed by atoms with Gasteiger partial charge in [0.1, 0.15) is 12.7 Å². The minimum atomic E-state index is -0.446. The van der Waals surface area contributed by atoms with Crippen LogP contribution in [-0.2, 0) is 11.4 Å². The van der Waals surface area contributed by atoms with Gasteiger partial charge in [-0.15, -0.1) is 0 Å². The van der Waals surface area contributed by atoms with Gasteiger partial charge in [0.05, 0.1) is 10.6 Å². The summed E-state index contributed by atoms with van der Waals surface area (Å²) in [5.74, 6) is 0.228. The molecule has 3 rings (SSSR count). The Morgan fingerprint density at radius 3 is 2.75 bits per heavy atom. The topological polar surface area (TPSA) is 74.0 Å². The molecule has 1 heterocycles. The average Bonchev–Trinajstić information content (AvgIpc) is 3.09. The monoisotopic (exact) mass is 390 g/mol. The molecule has 0 bridgehead atoms. The predicted octanol–water partition coefficient (Wildman–Crippen LogP) is 4.06. The molecule has 0 amide bonds. The maximum absolute atomic E-state index is 11.2. The SMILES string of the molecule is O=[N+]([O-])c1ccc(C2=NOC(CBr)C2)cc1OCc1ccccc1. The number of oxime groups is 1. The quantitative estimate of drug-likeness (QED) is 0.423. The van der Waals surface area contributed by atoms with Crippen LogP contribution in [0.15, 0.2) is 53.7 Å². The van der Waals surface area contributed by atoms with E-state index in [0.29, 0.717) is 11.8 Å². The van der Waals surface area contributed by atoms with Crippen LogP contribution in [0.2, 0.25) is 0 Å². The maximum Gasteiger partial charge on any atom is 0.310 e. The summed E-state index contributed by atoms with van der Waals surface area (Å²) in [5.41, 5.74) is 2.41. The summed E-state index contributed by atoms with van der Waals surface area (Å²) in [4.78, 5) is 16.1. The van der Waals surface area contributed by atoms with Gasteiger partial charge < -0.3 is 9.57 Å². The van der Waals surface area contributed by atoms with Gasteiger partial charge in [0, 0.05) is 23.4 Å². The van der Waals surface area contributed by atoms with Crippen molar-refractivity contribution >= 4 is 27.3 Å². The molecule has 24 heavy (non-hydrogen) atoms. The van der Waals surface area contributed by atoms with Gasteiger partial charge in [-0.1, -0.05) is 51.4 Å². The highest BCUT2D eigenvalue weighted by molar-refractivity contribution is 9.09. The van der Waals surface area contributed by atoms with Gasteiger partial charge in [0.15, 0.2) is 5.75 Å². The van der Waals surface area contributed by atoms with Crippen LogP contribution in [0.4, 0.5) is 5.69 Å². The van der Waals surface area contributed by atoms with E-state index < -0.39 is 4.92 Å². The summed E-state index contributed by atoms with van der Waals surface area (Å²) < 4.78 is 5.69. The summed E-state index contributed by atoms with van der Waals surface area (Å²) in [6.45, 7) is 0.262. The largest absolute Gasteiger partial charge is 0.482 e. The smallest absolute Gasteiger partial charge is 0.310 e. The molecule has 6 nitrogen and oxygen atoms in total. The highest BCUT2D eigenvalue weighted by Crippen LogP contribution is 2.30.